The number of hydrogen-bond donors (Lipinski definition) is 0. The Morgan fingerprint density at radius 2 is 0.614 bits per heavy atom. The molecule has 0 heterocycles. The predicted octanol–water partition coefficient (Wildman–Crippen LogP) is 18.6. The van der Waals surface area contributed by atoms with Crippen LogP contribution in [0.25, 0.3) is 24.3 Å². The highest BCUT2D eigenvalue weighted by molar-refractivity contribution is 5.84. The van der Waals surface area contributed by atoms with E-state index in [1.807, 2.05) is 19.1 Å². The number of nitrogens with zero attached hydrogens (tertiary/aromatic N) is 3. The van der Waals surface area contributed by atoms with Gasteiger partial charge in [0.25, 0.3) is 0 Å². The molecule has 0 fully saturated rings. The number of ether oxygens (including phenoxy) is 1. The van der Waals surface area contributed by atoms with E-state index in [9.17, 15) is 0 Å². The van der Waals surface area contributed by atoms with Crippen molar-refractivity contribution in [1.82, 2.24) is 0 Å². The molecule has 70 heavy (non-hydrogen) atoms. The molecule has 4 nitrogen and oxygen atoms in total. The zero-order chi connectivity index (χ0) is 48.2. The Labute approximate surface area is 415 Å². The zero-order valence-corrected chi connectivity index (χ0v) is 41.0. The lowest BCUT2D eigenvalue weighted by molar-refractivity contribution is 0.340. The van der Waals surface area contributed by atoms with Gasteiger partial charge in [0.15, 0.2) is 0 Å². The van der Waals surface area contributed by atoms with Crippen LogP contribution >= 0.6 is 0 Å². The van der Waals surface area contributed by atoms with Gasteiger partial charge in [0.2, 0.25) is 0 Å². The molecule has 0 saturated carbocycles. The van der Waals surface area contributed by atoms with E-state index in [-0.39, 0.29) is 0 Å². The molecule has 0 amide bonds. The molecule has 9 aromatic rings. The minimum Gasteiger partial charge on any atom is -0.494 e. The summed E-state index contributed by atoms with van der Waals surface area (Å²) in [6.07, 6.45) is 10.7. The van der Waals surface area contributed by atoms with Crippen LogP contribution in [0.4, 0.5) is 51.2 Å². The molecule has 0 aliphatic carbocycles. The van der Waals surface area contributed by atoms with Crippen molar-refractivity contribution >= 4 is 75.5 Å². The maximum absolute atomic E-state index is 5.82. The molecule has 0 saturated heterocycles. The van der Waals surface area contributed by atoms with Crippen LogP contribution in [0.15, 0.2) is 218 Å². The first-order chi connectivity index (χ1) is 34.4. The maximum atomic E-state index is 5.82. The van der Waals surface area contributed by atoms with E-state index in [1.54, 1.807) is 0 Å². The molecule has 4 heteroatoms. The largest absolute Gasteiger partial charge is 0.494 e. The predicted molar refractivity (Wildman–Crippen MR) is 301 cm³/mol. The maximum Gasteiger partial charge on any atom is 0.119 e. The highest BCUT2D eigenvalue weighted by Crippen LogP contribution is 2.41. The fourth-order valence-electron chi connectivity index (χ4n) is 9.25. The fourth-order valence-corrected chi connectivity index (χ4v) is 9.25. The third-order valence-corrected chi connectivity index (χ3v) is 12.8. The topological polar surface area (TPSA) is 19.0 Å². The number of aryl methyl sites for hydroxylation is 4. The Balaban J connectivity index is 0.933. The monoisotopic (exact) mass is 911 g/mol. The van der Waals surface area contributed by atoms with Crippen LogP contribution in [0.2, 0.25) is 0 Å². The zero-order valence-electron chi connectivity index (χ0n) is 41.0. The smallest absolute Gasteiger partial charge is 0.119 e. The van der Waals surface area contributed by atoms with Crippen molar-refractivity contribution in [2.24, 2.45) is 0 Å². The van der Waals surface area contributed by atoms with E-state index in [4.69, 9.17) is 4.74 Å². The van der Waals surface area contributed by atoms with E-state index in [2.05, 4.69) is 273 Å². The summed E-state index contributed by atoms with van der Waals surface area (Å²) in [7, 11) is 0. The number of hydrogen-bond acceptors (Lipinski definition) is 4. The second-order valence-electron chi connectivity index (χ2n) is 17.5. The first-order valence-electron chi connectivity index (χ1n) is 24.6. The Morgan fingerprint density at radius 1 is 0.314 bits per heavy atom. The van der Waals surface area contributed by atoms with E-state index in [0.29, 0.717) is 6.61 Å². The normalized spacial score (nSPS) is 11.3. The summed E-state index contributed by atoms with van der Waals surface area (Å²) < 4.78 is 5.82. The minimum atomic E-state index is 0.625. The number of rotatable bonds is 17. The molecule has 0 radical (unpaired) electrons. The molecule has 0 bridgehead atoms. The van der Waals surface area contributed by atoms with Crippen molar-refractivity contribution < 1.29 is 4.74 Å². The molecule has 0 atom stereocenters. The second kappa shape index (κ2) is 22.2. The quantitative estimate of drug-likeness (QED) is 0.0847. The summed E-state index contributed by atoms with van der Waals surface area (Å²) in [6, 6.07) is 78.1. The lowest BCUT2D eigenvalue weighted by atomic mass is 10.0. The molecule has 346 valence electrons. The van der Waals surface area contributed by atoms with Gasteiger partial charge in [0.05, 0.1) is 18.0 Å². The van der Waals surface area contributed by atoms with Crippen LogP contribution in [-0.2, 0) is 12.8 Å². The van der Waals surface area contributed by atoms with E-state index in [0.717, 1.165) is 80.7 Å². The van der Waals surface area contributed by atoms with E-state index in [1.165, 1.54) is 33.6 Å². The third-order valence-electron chi connectivity index (χ3n) is 12.8. The van der Waals surface area contributed by atoms with Gasteiger partial charge in [0.1, 0.15) is 5.75 Å². The summed E-state index contributed by atoms with van der Waals surface area (Å²) in [5.74, 6) is 0.857. The number of para-hydroxylation sites is 4. The van der Waals surface area contributed by atoms with E-state index >= 15 is 0 Å². The second-order valence-corrected chi connectivity index (χ2v) is 17.5. The SMILES string of the molecule is CCOc1ccc(N(c2ccc(/C=C/c3ccc(N(c4ccccc4)c4c(C)cccc4CC)cc3)cc2)c2ccc(/C=C/c3ccc(N(c4ccccc4)c4c(C)cccc4CC)cc3)cc2)cc1. The average molecular weight is 912 g/mol. The van der Waals surface area contributed by atoms with Crippen LogP contribution in [0, 0.1) is 13.8 Å². The van der Waals surface area contributed by atoms with Crippen LogP contribution in [0.1, 0.15) is 65.3 Å². The highest BCUT2D eigenvalue weighted by atomic mass is 16.5. The minimum absolute atomic E-state index is 0.625. The molecule has 0 unspecified atom stereocenters. The molecular weight excluding hydrogens is 851 g/mol. The van der Waals surface area contributed by atoms with Gasteiger partial charge in [-0.25, -0.2) is 0 Å². The number of anilines is 9. The van der Waals surface area contributed by atoms with Crippen molar-refractivity contribution in [3.05, 3.63) is 263 Å². The van der Waals surface area contributed by atoms with Gasteiger partial charge in [-0.1, -0.05) is 159 Å². The summed E-state index contributed by atoms with van der Waals surface area (Å²) in [4.78, 5) is 7.06. The Hall–Kier alpha value is -8.34. The molecule has 0 aliphatic heterocycles. The average Bonchev–Trinajstić information content (AvgIpc) is 3.41. The lowest BCUT2D eigenvalue weighted by Crippen LogP contribution is -2.13. The van der Waals surface area contributed by atoms with Gasteiger partial charge in [-0.3, -0.25) is 0 Å². The lowest BCUT2D eigenvalue weighted by Gasteiger charge is -2.29. The summed E-state index contributed by atoms with van der Waals surface area (Å²) >= 11 is 0. The molecule has 0 aromatic heterocycles. The Bertz CT molecular complexity index is 2960. The van der Waals surface area contributed by atoms with Gasteiger partial charge in [-0.2, -0.15) is 0 Å². The molecule has 0 spiro atoms. The first kappa shape index (κ1) is 46.8. The number of benzene rings is 9. The summed E-state index contributed by atoms with van der Waals surface area (Å²) in [5, 5.41) is 0. The standard InChI is InChI=1S/C66H61N3O/c1-6-55-19-15-17-49(4)65(55)68(57-21-11-9-12-22-57)62-41-33-53(34-42-62)27-25-51-29-37-59(38-30-51)67(61-45-47-64(48-46-61)70-8-3)60-39-31-52(32-40-60)26-28-54-35-43-63(44-36-54)69(58-23-13-10-14-24-58)66-50(5)18-16-20-56(66)7-2/h9-48H,6-8H2,1-5H3/b27-25+,28-26+. The van der Waals surface area contributed by atoms with Crippen LogP contribution in [0.5, 0.6) is 5.75 Å². The highest BCUT2D eigenvalue weighted by Gasteiger charge is 2.19. The van der Waals surface area contributed by atoms with Gasteiger partial charge >= 0.3 is 0 Å². The van der Waals surface area contributed by atoms with Gasteiger partial charge in [-0.15, -0.1) is 0 Å². The van der Waals surface area contributed by atoms with Gasteiger partial charge < -0.3 is 19.4 Å². The molecule has 0 N–H and O–H groups in total. The van der Waals surface area contributed by atoms with Crippen LogP contribution in [-0.4, -0.2) is 6.61 Å². The van der Waals surface area contributed by atoms with Crippen LogP contribution < -0.4 is 19.4 Å². The van der Waals surface area contributed by atoms with Crippen molar-refractivity contribution in [2.45, 2.75) is 47.5 Å². The van der Waals surface area contributed by atoms with Gasteiger partial charge in [0, 0.05) is 39.8 Å². The van der Waals surface area contributed by atoms with Crippen molar-refractivity contribution in [3.8, 4) is 5.75 Å². The Kier molecular flexibility index (Phi) is 14.8. The Morgan fingerprint density at radius 3 is 0.929 bits per heavy atom. The first-order valence-corrected chi connectivity index (χ1v) is 24.6. The molecule has 9 rings (SSSR count). The van der Waals surface area contributed by atoms with Crippen molar-refractivity contribution in [2.75, 3.05) is 21.3 Å². The van der Waals surface area contributed by atoms with Crippen molar-refractivity contribution in [1.29, 1.82) is 0 Å². The van der Waals surface area contributed by atoms with Gasteiger partial charge in [-0.05, 0) is 175 Å². The van der Waals surface area contributed by atoms with Crippen LogP contribution in [0.3, 0.4) is 0 Å². The fraction of sp³-hybridized carbons (Fsp3) is 0.121. The summed E-state index contributed by atoms with van der Waals surface area (Å²) in [5.41, 5.74) is 20.0. The molecule has 0 aliphatic rings. The molecule has 9 aromatic carbocycles. The summed E-state index contributed by atoms with van der Waals surface area (Å²) in [6.45, 7) is 11.5. The van der Waals surface area contributed by atoms with E-state index < -0.39 is 0 Å². The third kappa shape index (κ3) is 10.7. The van der Waals surface area contributed by atoms with Crippen molar-refractivity contribution in [3.63, 3.8) is 0 Å². The molecular formula is C66H61N3O.